The zero-order valence-corrected chi connectivity index (χ0v) is 14.7. The molecular weight excluding hydrogens is 322 g/mol. The molecule has 2 aromatic heterocycles. The van der Waals surface area contributed by atoms with Crippen molar-refractivity contribution in [3.63, 3.8) is 0 Å². The number of carbonyl (C=O) groups is 1. The molecule has 24 heavy (non-hydrogen) atoms. The molecule has 2 atom stereocenters. The Bertz CT molecular complexity index is 827. The van der Waals surface area contributed by atoms with E-state index in [0.717, 1.165) is 11.4 Å². The number of rotatable bonds is 2. The fourth-order valence-corrected chi connectivity index (χ4v) is 3.89. The van der Waals surface area contributed by atoms with Crippen LogP contribution in [0.25, 0.3) is 0 Å². The van der Waals surface area contributed by atoms with Crippen LogP contribution in [0.1, 0.15) is 32.0 Å². The first-order chi connectivity index (χ1) is 11.5. The Morgan fingerprint density at radius 2 is 2.21 bits per heavy atom. The lowest BCUT2D eigenvalue weighted by Crippen LogP contribution is -2.42. The van der Waals surface area contributed by atoms with Gasteiger partial charge in [-0.3, -0.25) is 9.78 Å². The minimum atomic E-state index is -0.295. The third-order valence-corrected chi connectivity index (χ3v) is 5.02. The highest BCUT2D eigenvalue weighted by Gasteiger charge is 2.45. The van der Waals surface area contributed by atoms with Crippen LogP contribution in [0.4, 0.5) is 5.95 Å². The second kappa shape index (κ2) is 5.44. The van der Waals surface area contributed by atoms with Gasteiger partial charge in [0.05, 0.1) is 11.6 Å². The van der Waals surface area contributed by atoms with Crippen LogP contribution in [0, 0.1) is 11.3 Å². The summed E-state index contributed by atoms with van der Waals surface area (Å²) in [6, 6.07) is 5.51. The number of hydrogen-bond acceptors (Lipinski definition) is 6. The highest BCUT2D eigenvalue weighted by molar-refractivity contribution is 7.98. The smallest absolute Gasteiger partial charge is 0.227 e. The number of fused-ring (bicyclic) bond motifs is 2. The molecule has 3 heterocycles. The molecule has 2 aliphatic rings. The molecule has 0 radical (unpaired) electrons. The second-order valence-electron chi connectivity index (χ2n) is 6.90. The van der Waals surface area contributed by atoms with Gasteiger partial charge in [-0.25, -0.2) is 4.68 Å². The molecule has 124 valence electrons. The summed E-state index contributed by atoms with van der Waals surface area (Å²) in [4.78, 5) is 22.0. The van der Waals surface area contributed by atoms with Crippen LogP contribution in [0.3, 0.4) is 0 Å². The van der Waals surface area contributed by atoms with E-state index in [1.807, 2.05) is 29.1 Å². The van der Waals surface area contributed by atoms with Gasteiger partial charge in [0.1, 0.15) is 11.8 Å². The van der Waals surface area contributed by atoms with Crippen LogP contribution < -0.4 is 5.32 Å². The Balaban J connectivity index is 1.91. The predicted octanol–water partition coefficient (Wildman–Crippen LogP) is 2.91. The van der Waals surface area contributed by atoms with Crippen LogP contribution in [0.15, 0.2) is 41.3 Å². The summed E-state index contributed by atoms with van der Waals surface area (Å²) in [6.45, 7) is 4.16. The molecule has 1 N–H and O–H groups in total. The van der Waals surface area contributed by atoms with E-state index in [1.54, 1.807) is 6.20 Å². The van der Waals surface area contributed by atoms with E-state index < -0.39 is 0 Å². The maximum absolute atomic E-state index is 12.9. The largest absolute Gasteiger partial charge is 0.328 e. The summed E-state index contributed by atoms with van der Waals surface area (Å²) in [5.41, 5.74) is 1.59. The monoisotopic (exact) mass is 341 g/mol. The fourth-order valence-electron chi connectivity index (χ4n) is 3.54. The van der Waals surface area contributed by atoms with E-state index in [-0.39, 0.29) is 23.2 Å². The molecule has 6 nitrogen and oxygen atoms in total. The normalized spacial score (nSPS) is 24.6. The van der Waals surface area contributed by atoms with E-state index >= 15 is 0 Å². The third kappa shape index (κ3) is 2.43. The number of pyridine rings is 1. The Hall–Kier alpha value is -2.15. The maximum atomic E-state index is 12.9. The summed E-state index contributed by atoms with van der Waals surface area (Å²) in [5.74, 6) is 0.590. The minimum Gasteiger partial charge on any atom is -0.328 e. The number of nitrogens with zero attached hydrogens (tertiary/aromatic N) is 4. The first kappa shape index (κ1) is 15.4. The lowest BCUT2D eigenvalue weighted by Gasteiger charge is -2.39. The van der Waals surface area contributed by atoms with Crippen LogP contribution >= 0.6 is 11.8 Å². The fraction of sp³-hybridized carbons (Fsp3) is 0.412. The molecule has 0 bridgehead atoms. The number of carbonyl (C=O) groups excluding carboxylic acids is 1. The summed E-state index contributed by atoms with van der Waals surface area (Å²) < 4.78 is 1.81. The molecule has 7 heteroatoms. The third-order valence-electron chi connectivity index (χ3n) is 4.48. The predicted molar refractivity (Wildman–Crippen MR) is 92.8 cm³/mol. The van der Waals surface area contributed by atoms with Crippen molar-refractivity contribution in [1.29, 1.82) is 0 Å². The van der Waals surface area contributed by atoms with Crippen LogP contribution in [-0.4, -0.2) is 31.8 Å². The quantitative estimate of drug-likeness (QED) is 0.847. The topological polar surface area (TPSA) is 72.7 Å². The SMILES string of the molecule is CSc1nc2n(n1)[C@H](c1ccccn1)[C@H]1C(=O)CC(C)(C)C=C1N2. The summed E-state index contributed by atoms with van der Waals surface area (Å²) in [5, 5.41) is 8.59. The van der Waals surface area contributed by atoms with Gasteiger partial charge in [-0.1, -0.05) is 37.8 Å². The van der Waals surface area contributed by atoms with Crippen molar-refractivity contribution in [3.05, 3.63) is 41.9 Å². The number of allylic oxidation sites excluding steroid dienone is 2. The van der Waals surface area contributed by atoms with Crippen LogP contribution in [0.5, 0.6) is 0 Å². The summed E-state index contributed by atoms with van der Waals surface area (Å²) in [6.07, 6.45) is 6.37. The average molecular weight is 341 g/mol. The molecule has 1 aliphatic heterocycles. The molecule has 0 amide bonds. The van der Waals surface area contributed by atoms with Crippen LogP contribution in [0.2, 0.25) is 0 Å². The standard InChI is InChI=1S/C17H19N5OS/c1-17(2)8-11-13(12(23)9-17)14(10-6-4-5-7-18-10)22-15(19-11)20-16(21-22)24-3/h4-8,13-14H,9H2,1-3H3,(H,19,20,21)/t13-,14-/m1/s1. The molecule has 0 fully saturated rings. The molecule has 1 aliphatic carbocycles. The lowest BCUT2D eigenvalue weighted by atomic mass is 9.72. The van der Waals surface area contributed by atoms with Gasteiger partial charge in [0.15, 0.2) is 0 Å². The Labute approximate surface area is 144 Å². The highest BCUT2D eigenvalue weighted by atomic mass is 32.2. The first-order valence-corrected chi connectivity index (χ1v) is 9.15. The van der Waals surface area contributed by atoms with Gasteiger partial charge >= 0.3 is 0 Å². The van der Waals surface area contributed by atoms with Crippen LogP contribution in [-0.2, 0) is 4.79 Å². The van der Waals surface area contributed by atoms with Crippen molar-refractivity contribution in [1.82, 2.24) is 19.7 Å². The Morgan fingerprint density at radius 3 is 2.92 bits per heavy atom. The Kier molecular flexibility index (Phi) is 3.49. The molecule has 2 aromatic rings. The van der Waals surface area contributed by atoms with Gasteiger partial charge in [0.2, 0.25) is 11.1 Å². The van der Waals surface area contributed by atoms with Crippen molar-refractivity contribution >= 4 is 23.5 Å². The van der Waals surface area contributed by atoms with E-state index in [9.17, 15) is 4.79 Å². The van der Waals surface area contributed by atoms with Gasteiger partial charge in [0, 0.05) is 18.3 Å². The molecule has 0 saturated heterocycles. The zero-order valence-electron chi connectivity index (χ0n) is 13.9. The second-order valence-corrected chi connectivity index (χ2v) is 7.67. The van der Waals surface area contributed by atoms with Gasteiger partial charge in [-0.2, -0.15) is 4.98 Å². The molecular formula is C17H19N5OS. The number of anilines is 1. The number of thioether (sulfide) groups is 1. The molecule has 0 aromatic carbocycles. The van der Waals surface area contributed by atoms with Gasteiger partial charge in [-0.05, 0) is 23.8 Å². The van der Waals surface area contributed by atoms with Crippen molar-refractivity contribution in [2.24, 2.45) is 11.3 Å². The van der Waals surface area contributed by atoms with Crippen molar-refractivity contribution in [2.45, 2.75) is 31.5 Å². The number of Topliss-reactive ketones (excluding diaryl/α,β-unsaturated/α-hetero) is 1. The Morgan fingerprint density at radius 1 is 1.38 bits per heavy atom. The zero-order chi connectivity index (χ0) is 16.9. The summed E-state index contributed by atoms with van der Waals surface area (Å²) in [7, 11) is 0. The van der Waals surface area contributed by atoms with Crippen molar-refractivity contribution < 1.29 is 4.79 Å². The highest BCUT2D eigenvalue weighted by Crippen LogP contribution is 2.44. The summed E-state index contributed by atoms with van der Waals surface area (Å²) >= 11 is 1.49. The van der Waals surface area contributed by atoms with Crippen molar-refractivity contribution in [2.75, 3.05) is 11.6 Å². The minimum absolute atomic E-state index is 0.158. The molecule has 0 unspecified atom stereocenters. The van der Waals surface area contributed by atoms with E-state index in [0.29, 0.717) is 17.5 Å². The number of ketones is 1. The van der Waals surface area contributed by atoms with E-state index in [2.05, 4.69) is 40.3 Å². The number of aromatic nitrogens is 4. The molecule has 0 saturated carbocycles. The maximum Gasteiger partial charge on any atom is 0.227 e. The van der Waals surface area contributed by atoms with E-state index in [1.165, 1.54) is 11.8 Å². The average Bonchev–Trinajstić information content (AvgIpc) is 2.95. The van der Waals surface area contributed by atoms with Gasteiger partial charge < -0.3 is 5.32 Å². The number of hydrogen-bond donors (Lipinski definition) is 1. The van der Waals surface area contributed by atoms with E-state index in [4.69, 9.17) is 0 Å². The first-order valence-electron chi connectivity index (χ1n) is 7.92. The van der Waals surface area contributed by atoms with Gasteiger partial charge in [0.25, 0.3) is 0 Å². The lowest BCUT2D eigenvalue weighted by molar-refractivity contribution is -0.125. The number of nitrogens with one attached hydrogen (secondary N) is 1. The van der Waals surface area contributed by atoms with Gasteiger partial charge in [-0.15, -0.1) is 5.10 Å². The molecule has 4 rings (SSSR count). The van der Waals surface area contributed by atoms with Crippen molar-refractivity contribution in [3.8, 4) is 0 Å². The molecule has 0 spiro atoms.